The van der Waals surface area contributed by atoms with Gasteiger partial charge in [-0.1, -0.05) is 6.07 Å². The van der Waals surface area contributed by atoms with Crippen LogP contribution in [0.4, 0.5) is 10.2 Å². The van der Waals surface area contributed by atoms with Crippen LogP contribution in [-0.2, 0) is 4.74 Å². The molecule has 4 aliphatic rings. The zero-order chi connectivity index (χ0) is 17.0. The van der Waals surface area contributed by atoms with Gasteiger partial charge in [0, 0.05) is 23.5 Å². The number of pyridine rings is 1. The summed E-state index contributed by atoms with van der Waals surface area (Å²) in [5.41, 5.74) is 0.629. The third-order valence-corrected chi connectivity index (χ3v) is 5.83. The van der Waals surface area contributed by atoms with E-state index in [2.05, 4.69) is 20.2 Å². The minimum Gasteiger partial charge on any atom is -0.455 e. The third kappa shape index (κ3) is 2.47. The Hall–Kier alpha value is -2.21. The van der Waals surface area contributed by atoms with Crippen LogP contribution in [0.25, 0.3) is 10.8 Å². The maximum Gasteiger partial charge on any atom is 0.291 e. The first-order valence-electron chi connectivity index (χ1n) is 8.91. The number of aromatic nitrogens is 1. The molecule has 6 heteroatoms. The Morgan fingerprint density at radius 3 is 2.88 bits per heavy atom. The maximum atomic E-state index is 13.4. The minimum atomic E-state index is -0.245. The molecule has 2 bridgehead atoms. The Bertz CT molecular complexity index is 875. The summed E-state index contributed by atoms with van der Waals surface area (Å²) in [6, 6.07) is 7.23. The molecule has 1 aromatic heterocycles. The van der Waals surface area contributed by atoms with E-state index in [4.69, 9.17) is 4.74 Å². The fraction of sp³-hybridized carbons (Fsp3) is 0.474. The van der Waals surface area contributed by atoms with Crippen LogP contribution in [-0.4, -0.2) is 47.7 Å². The zero-order valence-corrected chi connectivity index (χ0v) is 14.3. The van der Waals surface area contributed by atoms with Crippen LogP contribution in [0.15, 0.2) is 29.3 Å². The average molecular weight is 340 g/mol. The topological polar surface area (TPSA) is 49.8 Å². The number of hydrogen-bond donors (Lipinski definition) is 1. The lowest BCUT2D eigenvalue weighted by atomic mass is 9.75. The second-order valence-corrected chi connectivity index (χ2v) is 7.42. The molecule has 0 aliphatic carbocycles. The fourth-order valence-corrected chi connectivity index (χ4v) is 4.51. The van der Waals surface area contributed by atoms with Gasteiger partial charge in [0.1, 0.15) is 17.2 Å². The van der Waals surface area contributed by atoms with Crippen molar-refractivity contribution in [3.63, 3.8) is 0 Å². The zero-order valence-electron chi connectivity index (χ0n) is 14.3. The maximum absolute atomic E-state index is 13.4. The number of hydrogen-bond acceptors (Lipinski definition) is 5. The van der Waals surface area contributed by atoms with Gasteiger partial charge in [0.15, 0.2) is 0 Å². The highest BCUT2D eigenvalue weighted by molar-refractivity contribution is 5.93. The average Bonchev–Trinajstić information content (AvgIpc) is 2.99. The predicted molar refractivity (Wildman–Crippen MR) is 95.3 cm³/mol. The third-order valence-electron chi connectivity index (χ3n) is 5.83. The highest BCUT2D eigenvalue weighted by Gasteiger charge is 2.51. The summed E-state index contributed by atoms with van der Waals surface area (Å²) < 4.78 is 19.7. The van der Waals surface area contributed by atoms with E-state index in [9.17, 15) is 4.39 Å². The molecule has 25 heavy (non-hydrogen) atoms. The molecule has 130 valence electrons. The SMILES string of the molecule is Cc1nc(NC2=NC[C@@]3(CN4CCC3CC4)O2)cc2ccc(F)cc12. The van der Waals surface area contributed by atoms with E-state index in [0.717, 1.165) is 23.0 Å². The van der Waals surface area contributed by atoms with E-state index in [0.29, 0.717) is 24.3 Å². The molecule has 2 aromatic rings. The second-order valence-electron chi connectivity index (χ2n) is 7.42. The van der Waals surface area contributed by atoms with Crippen molar-refractivity contribution in [1.29, 1.82) is 0 Å². The summed E-state index contributed by atoms with van der Waals surface area (Å²) in [6.45, 7) is 5.93. The first-order valence-corrected chi connectivity index (χ1v) is 8.91. The van der Waals surface area contributed by atoms with Crippen molar-refractivity contribution in [2.45, 2.75) is 25.4 Å². The van der Waals surface area contributed by atoms with Gasteiger partial charge in [0.05, 0.1) is 6.54 Å². The number of halogens is 1. The van der Waals surface area contributed by atoms with Crippen LogP contribution < -0.4 is 5.32 Å². The number of anilines is 1. The van der Waals surface area contributed by atoms with Gasteiger partial charge in [-0.3, -0.25) is 10.2 Å². The standard InChI is InChI=1S/C19H21FN4O/c1-12-16-9-15(20)3-2-13(16)8-17(22-12)23-18-21-10-19(25-18)11-24-6-4-14(19)5-7-24/h2-3,8-9,14H,4-7,10-11H2,1H3,(H,21,22,23)/t19-/m0/s1. The van der Waals surface area contributed by atoms with Crippen LogP contribution in [0, 0.1) is 18.7 Å². The summed E-state index contributed by atoms with van der Waals surface area (Å²) in [5, 5.41) is 5.00. The number of piperidine rings is 3. The lowest BCUT2D eigenvalue weighted by Gasteiger charge is -2.50. The van der Waals surface area contributed by atoms with Gasteiger partial charge in [-0.05, 0) is 56.4 Å². The molecular weight excluding hydrogens is 319 g/mol. The molecule has 4 aliphatic heterocycles. The Morgan fingerprint density at radius 2 is 2.12 bits per heavy atom. The second kappa shape index (κ2) is 5.39. The predicted octanol–water partition coefficient (Wildman–Crippen LogP) is 2.94. The molecule has 6 rings (SSSR count). The quantitative estimate of drug-likeness (QED) is 0.867. The van der Waals surface area contributed by atoms with Gasteiger partial charge < -0.3 is 4.74 Å². The van der Waals surface area contributed by atoms with Crippen molar-refractivity contribution in [1.82, 2.24) is 9.88 Å². The van der Waals surface area contributed by atoms with E-state index in [1.165, 1.54) is 38.1 Å². The van der Waals surface area contributed by atoms with Gasteiger partial charge in [-0.15, -0.1) is 0 Å². The van der Waals surface area contributed by atoms with Crippen molar-refractivity contribution < 1.29 is 9.13 Å². The summed E-state index contributed by atoms with van der Waals surface area (Å²) >= 11 is 0. The molecule has 5 heterocycles. The number of aryl methyl sites for hydroxylation is 1. The largest absolute Gasteiger partial charge is 0.455 e. The van der Waals surface area contributed by atoms with Crippen LogP contribution in [0.1, 0.15) is 18.5 Å². The van der Waals surface area contributed by atoms with Crippen molar-refractivity contribution in [3.05, 3.63) is 35.8 Å². The van der Waals surface area contributed by atoms with E-state index >= 15 is 0 Å². The molecule has 0 saturated carbocycles. The van der Waals surface area contributed by atoms with E-state index in [1.807, 2.05) is 13.0 Å². The molecule has 1 N–H and O–H groups in total. The van der Waals surface area contributed by atoms with Gasteiger partial charge in [-0.25, -0.2) is 14.4 Å². The molecule has 0 unspecified atom stereocenters. The first-order chi connectivity index (χ1) is 12.1. The van der Waals surface area contributed by atoms with Crippen LogP contribution >= 0.6 is 0 Å². The smallest absolute Gasteiger partial charge is 0.291 e. The van der Waals surface area contributed by atoms with E-state index in [1.54, 1.807) is 6.07 Å². The summed E-state index contributed by atoms with van der Waals surface area (Å²) in [5.74, 6) is 1.04. The molecule has 3 saturated heterocycles. The van der Waals surface area contributed by atoms with E-state index in [-0.39, 0.29) is 11.4 Å². The van der Waals surface area contributed by atoms with Gasteiger partial charge in [0.25, 0.3) is 6.02 Å². The molecule has 5 nitrogen and oxygen atoms in total. The lowest BCUT2D eigenvalue weighted by molar-refractivity contribution is -0.0829. The normalized spacial score (nSPS) is 30.6. The Labute approximate surface area is 145 Å². The number of nitrogens with zero attached hydrogens (tertiary/aromatic N) is 3. The first kappa shape index (κ1) is 15.1. The lowest BCUT2D eigenvalue weighted by Crippen LogP contribution is -2.61. The van der Waals surface area contributed by atoms with E-state index < -0.39 is 0 Å². The van der Waals surface area contributed by atoms with Crippen LogP contribution in [0.5, 0.6) is 0 Å². The molecule has 0 radical (unpaired) electrons. The number of rotatable bonds is 1. The molecular formula is C19H21FN4O. The Morgan fingerprint density at radius 1 is 1.28 bits per heavy atom. The van der Waals surface area contributed by atoms with Gasteiger partial charge in [-0.2, -0.15) is 0 Å². The van der Waals surface area contributed by atoms with Crippen molar-refractivity contribution in [3.8, 4) is 0 Å². The molecule has 0 amide bonds. The fourth-order valence-electron chi connectivity index (χ4n) is 4.51. The summed E-state index contributed by atoms with van der Waals surface area (Å²) in [7, 11) is 0. The van der Waals surface area contributed by atoms with Crippen molar-refractivity contribution in [2.75, 3.05) is 31.5 Å². The summed E-state index contributed by atoms with van der Waals surface area (Å²) in [6.07, 6.45) is 2.39. The van der Waals surface area contributed by atoms with Gasteiger partial charge in [0.2, 0.25) is 0 Å². The van der Waals surface area contributed by atoms with Crippen LogP contribution in [0.3, 0.4) is 0 Å². The molecule has 3 fully saturated rings. The number of benzene rings is 1. The Balaban J connectivity index is 1.38. The number of nitrogens with one attached hydrogen (secondary N) is 1. The number of aliphatic imine (C=N–C) groups is 1. The van der Waals surface area contributed by atoms with Crippen molar-refractivity contribution in [2.24, 2.45) is 10.9 Å². The highest BCUT2D eigenvalue weighted by Crippen LogP contribution is 2.40. The molecule has 1 aromatic carbocycles. The summed E-state index contributed by atoms with van der Waals surface area (Å²) in [4.78, 5) is 11.6. The number of ether oxygens (including phenoxy) is 1. The minimum absolute atomic E-state index is 0.159. The molecule has 1 spiro atoms. The number of fused-ring (bicyclic) bond motifs is 3. The molecule has 1 atom stereocenters. The monoisotopic (exact) mass is 340 g/mol. The van der Waals surface area contributed by atoms with Crippen molar-refractivity contribution >= 4 is 22.6 Å². The Kier molecular flexibility index (Phi) is 3.25. The van der Waals surface area contributed by atoms with Crippen LogP contribution in [0.2, 0.25) is 0 Å². The van der Waals surface area contributed by atoms with Gasteiger partial charge >= 0.3 is 0 Å². The highest BCUT2D eigenvalue weighted by atomic mass is 19.1. The number of amidine groups is 1.